The molecule has 2 N–H and O–H groups in total. The van der Waals surface area contributed by atoms with Crippen LogP contribution in [0.25, 0.3) is 0 Å². The highest BCUT2D eigenvalue weighted by Gasteiger charge is 2.07. The number of carbonyl (C=O) groups is 1. The molecule has 7 heteroatoms. The van der Waals surface area contributed by atoms with Crippen LogP contribution in [0.15, 0.2) is 29.4 Å². The molecule has 0 aliphatic carbocycles. The third-order valence-electron chi connectivity index (χ3n) is 3.04. The lowest BCUT2D eigenvalue weighted by molar-refractivity contribution is -0.121. The summed E-state index contributed by atoms with van der Waals surface area (Å²) in [4.78, 5) is 11.8. The van der Waals surface area contributed by atoms with Crippen LogP contribution in [0.5, 0.6) is 11.5 Å². The van der Waals surface area contributed by atoms with E-state index < -0.39 is 0 Å². The minimum absolute atomic E-state index is 0.0263. The Morgan fingerprint density at radius 3 is 2.91 bits per heavy atom. The molecule has 0 saturated heterocycles. The first-order valence-electron chi connectivity index (χ1n) is 6.70. The van der Waals surface area contributed by atoms with Crippen LogP contribution in [0.1, 0.15) is 17.0 Å². The number of methoxy groups -OCH3 is 1. The van der Waals surface area contributed by atoms with Crippen molar-refractivity contribution in [1.29, 1.82) is 0 Å². The molecule has 0 aliphatic heterocycles. The van der Waals surface area contributed by atoms with E-state index in [0.29, 0.717) is 11.3 Å². The maximum absolute atomic E-state index is 11.8. The average Bonchev–Trinajstić information content (AvgIpc) is 2.78. The Kier molecular flexibility index (Phi) is 4.77. The number of rotatable bonds is 5. The lowest BCUT2D eigenvalue weighted by atomic mass is 10.2. The molecule has 0 fully saturated rings. The van der Waals surface area contributed by atoms with Gasteiger partial charge in [-0.3, -0.25) is 9.48 Å². The fourth-order valence-corrected chi connectivity index (χ4v) is 1.99. The number of nitrogens with one attached hydrogen (secondary N) is 1. The molecular formula is C15H18N4O3. The molecule has 0 spiro atoms. The number of carbonyl (C=O) groups excluding carboxylic acids is 1. The van der Waals surface area contributed by atoms with E-state index in [9.17, 15) is 9.90 Å². The Hall–Kier alpha value is -2.83. The number of nitrogens with zero attached hydrogens (tertiary/aromatic N) is 3. The number of aryl methyl sites for hydroxylation is 2. The lowest BCUT2D eigenvalue weighted by Gasteiger charge is -2.05. The summed E-state index contributed by atoms with van der Waals surface area (Å²) in [6.45, 7) is 3.83. The van der Waals surface area contributed by atoms with E-state index in [-0.39, 0.29) is 18.2 Å². The molecule has 0 unspecified atom stereocenters. The molecule has 1 aromatic heterocycles. The third-order valence-corrected chi connectivity index (χ3v) is 3.04. The van der Waals surface area contributed by atoms with Crippen LogP contribution in [-0.4, -0.2) is 34.1 Å². The van der Waals surface area contributed by atoms with Crippen molar-refractivity contribution in [3.05, 3.63) is 41.2 Å². The smallest absolute Gasteiger partial charge is 0.261 e. The zero-order valence-corrected chi connectivity index (χ0v) is 12.7. The minimum atomic E-state index is -0.301. The zero-order chi connectivity index (χ0) is 16.1. The van der Waals surface area contributed by atoms with Gasteiger partial charge < -0.3 is 9.84 Å². The molecule has 2 aromatic rings. The van der Waals surface area contributed by atoms with E-state index in [4.69, 9.17) is 4.74 Å². The fraction of sp³-hybridized carbons (Fsp3) is 0.267. The highest BCUT2D eigenvalue weighted by atomic mass is 16.5. The van der Waals surface area contributed by atoms with Crippen molar-refractivity contribution in [2.24, 2.45) is 5.10 Å². The largest absolute Gasteiger partial charge is 0.504 e. The van der Waals surface area contributed by atoms with E-state index in [0.717, 1.165) is 11.4 Å². The molecule has 1 aromatic carbocycles. The van der Waals surface area contributed by atoms with Gasteiger partial charge in [-0.05, 0) is 32.0 Å². The first-order valence-corrected chi connectivity index (χ1v) is 6.70. The number of aromatic nitrogens is 2. The van der Waals surface area contributed by atoms with Gasteiger partial charge in [0.15, 0.2) is 11.5 Å². The van der Waals surface area contributed by atoms with Gasteiger partial charge in [0.25, 0.3) is 5.91 Å². The average molecular weight is 302 g/mol. The first kappa shape index (κ1) is 15.6. The summed E-state index contributed by atoms with van der Waals surface area (Å²) in [7, 11) is 1.46. The molecule has 116 valence electrons. The molecule has 1 heterocycles. The van der Waals surface area contributed by atoms with Gasteiger partial charge in [0.05, 0.1) is 19.0 Å². The maximum atomic E-state index is 11.8. The van der Waals surface area contributed by atoms with E-state index in [2.05, 4.69) is 15.6 Å². The molecule has 0 saturated carbocycles. The van der Waals surface area contributed by atoms with E-state index in [1.165, 1.54) is 13.3 Å². The van der Waals surface area contributed by atoms with Crippen molar-refractivity contribution in [1.82, 2.24) is 15.2 Å². The van der Waals surface area contributed by atoms with E-state index in [1.54, 1.807) is 22.9 Å². The van der Waals surface area contributed by atoms with Crippen LogP contribution < -0.4 is 10.2 Å². The van der Waals surface area contributed by atoms with Crippen LogP contribution in [0.3, 0.4) is 0 Å². The topological polar surface area (TPSA) is 88.7 Å². The van der Waals surface area contributed by atoms with Crippen LogP contribution in [0.4, 0.5) is 0 Å². The Labute approximate surface area is 128 Å². The van der Waals surface area contributed by atoms with Crippen LogP contribution in [-0.2, 0) is 11.3 Å². The number of para-hydroxylation sites is 1. The first-order chi connectivity index (χ1) is 10.5. The number of aromatic hydroxyl groups is 1. The van der Waals surface area contributed by atoms with Crippen LogP contribution in [0, 0.1) is 13.8 Å². The van der Waals surface area contributed by atoms with Crippen molar-refractivity contribution in [3.63, 3.8) is 0 Å². The van der Waals surface area contributed by atoms with Crippen molar-refractivity contribution in [2.75, 3.05) is 7.11 Å². The molecule has 0 radical (unpaired) electrons. The summed E-state index contributed by atoms with van der Waals surface area (Å²) >= 11 is 0. The van der Waals surface area contributed by atoms with E-state index >= 15 is 0 Å². The molecule has 0 bridgehead atoms. The van der Waals surface area contributed by atoms with Crippen molar-refractivity contribution >= 4 is 12.1 Å². The fourth-order valence-electron chi connectivity index (χ4n) is 1.99. The third kappa shape index (κ3) is 3.63. The second-order valence-corrected chi connectivity index (χ2v) is 4.78. The number of hydrogen-bond donors (Lipinski definition) is 2. The molecule has 0 aliphatic rings. The minimum Gasteiger partial charge on any atom is -0.504 e. The number of ether oxygens (including phenoxy) is 1. The van der Waals surface area contributed by atoms with Gasteiger partial charge in [0.1, 0.15) is 6.54 Å². The summed E-state index contributed by atoms with van der Waals surface area (Å²) in [5.74, 6) is 0.0179. The monoisotopic (exact) mass is 302 g/mol. The van der Waals surface area contributed by atoms with Gasteiger partial charge >= 0.3 is 0 Å². The number of benzene rings is 1. The van der Waals surface area contributed by atoms with Gasteiger partial charge in [-0.2, -0.15) is 10.2 Å². The number of hydrazone groups is 1. The maximum Gasteiger partial charge on any atom is 0.261 e. The quantitative estimate of drug-likeness (QED) is 0.645. The summed E-state index contributed by atoms with van der Waals surface area (Å²) < 4.78 is 6.60. The predicted molar refractivity (Wildman–Crippen MR) is 82.1 cm³/mol. The standard InChI is InChI=1S/C15H18N4O3/c1-10-7-11(2)19(18-10)9-14(20)17-16-8-12-5-4-6-13(22-3)15(12)21/h4-8,21H,9H2,1-3H3,(H,17,20). The summed E-state index contributed by atoms with van der Waals surface area (Å²) in [6.07, 6.45) is 1.36. The molecule has 22 heavy (non-hydrogen) atoms. The number of hydrogen-bond acceptors (Lipinski definition) is 5. The van der Waals surface area contributed by atoms with Gasteiger partial charge in [0.2, 0.25) is 0 Å². The van der Waals surface area contributed by atoms with Crippen LogP contribution in [0.2, 0.25) is 0 Å². The second kappa shape index (κ2) is 6.75. The Morgan fingerprint density at radius 2 is 2.27 bits per heavy atom. The van der Waals surface area contributed by atoms with Gasteiger partial charge in [0, 0.05) is 11.3 Å². The van der Waals surface area contributed by atoms with Gasteiger partial charge in [-0.1, -0.05) is 6.07 Å². The zero-order valence-electron chi connectivity index (χ0n) is 12.7. The van der Waals surface area contributed by atoms with Crippen molar-refractivity contribution < 1.29 is 14.6 Å². The van der Waals surface area contributed by atoms with E-state index in [1.807, 2.05) is 19.9 Å². The Morgan fingerprint density at radius 1 is 1.50 bits per heavy atom. The summed E-state index contributed by atoms with van der Waals surface area (Å²) in [5.41, 5.74) is 4.61. The Balaban J connectivity index is 1.98. The Bertz CT molecular complexity index is 707. The van der Waals surface area contributed by atoms with Crippen molar-refractivity contribution in [3.8, 4) is 11.5 Å². The molecular weight excluding hydrogens is 284 g/mol. The summed E-state index contributed by atoms with van der Waals surface area (Å²) in [5, 5.41) is 17.9. The summed E-state index contributed by atoms with van der Waals surface area (Å²) in [6, 6.07) is 6.91. The van der Waals surface area contributed by atoms with Gasteiger partial charge in [-0.15, -0.1) is 0 Å². The molecule has 7 nitrogen and oxygen atoms in total. The SMILES string of the molecule is COc1cccc(C=NNC(=O)Cn2nc(C)cc2C)c1O. The highest BCUT2D eigenvalue weighted by Crippen LogP contribution is 2.27. The van der Waals surface area contributed by atoms with Gasteiger partial charge in [-0.25, -0.2) is 5.43 Å². The number of phenolic OH excluding ortho intramolecular Hbond substituents is 1. The molecule has 1 amide bonds. The number of amides is 1. The normalized spacial score (nSPS) is 10.9. The highest BCUT2D eigenvalue weighted by molar-refractivity contribution is 5.86. The van der Waals surface area contributed by atoms with Crippen molar-refractivity contribution in [2.45, 2.75) is 20.4 Å². The molecule has 2 rings (SSSR count). The lowest BCUT2D eigenvalue weighted by Crippen LogP contribution is -2.24. The second-order valence-electron chi connectivity index (χ2n) is 4.78. The number of phenols is 1. The van der Waals surface area contributed by atoms with Crippen LogP contribution >= 0.6 is 0 Å². The predicted octanol–water partition coefficient (Wildman–Crippen LogP) is 1.36. The molecule has 0 atom stereocenters.